The molecule has 0 atom stereocenters. The molecule has 2 heterocycles. The number of anilines is 1. The quantitative estimate of drug-likeness (QED) is 0.469. The first-order valence-corrected chi connectivity index (χ1v) is 10.7. The summed E-state index contributed by atoms with van der Waals surface area (Å²) in [5.41, 5.74) is 3.62. The van der Waals surface area contributed by atoms with E-state index in [1.165, 1.54) is 22.2 Å². The molecule has 152 valence electrons. The summed E-state index contributed by atoms with van der Waals surface area (Å²) in [6.45, 7) is 6.40. The van der Waals surface area contributed by atoms with E-state index >= 15 is 0 Å². The van der Waals surface area contributed by atoms with Crippen molar-refractivity contribution in [1.29, 1.82) is 0 Å². The first kappa shape index (κ1) is 20.0. The highest BCUT2D eigenvalue weighted by Gasteiger charge is 2.20. The van der Waals surface area contributed by atoms with Crippen molar-refractivity contribution < 1.29 is 4.79 Å². The number of amides is 1. The number of nitrogens with zero attached hydrogens (tertiary/aromatic N) is 3. The molecule has 4 aromatic rings. The SMILES string of the molecule is CCN(C(=O)Cn1cnc2sc(C)c(-c3ccccc3)c2c1=O)c1cccc(C)c1. The van der Waals surface area contributed by atoms with Crippen LogP contribution in [-0.2, 0) is 11.3 Å². The first-order chi connectivity index (χ1) is 14.5. The van der Waals surface area contributed by atoms with Crippen LogP contribution in [0.25, 0.3) is 21.3 Å². The van der Waals surface area contributed by atoms with Crippen LogP contribution in [0.4, 0.5) is 5.69 Å². The number of fused-ring (bicyclic) bond motifs is 1. The molecular formula is C24H23N3O2S. The standard InChI is InChI=1S/C24H23N3O2S/c1-4-27(19-12-8-9-16(2)13-19)20(28)14-26-15-25-23-22(24(26)29)21(17(3)30-23)18-10-6-5-7-11-18/h5-13,15H,4,14H2,1-3H3. The summed E-state index contributed by atoms with van der Waals surface area (Å²) < 4.78 is 1.42. The van der Waals surface area contributed by atoms with Gasteiger partial charge in [-0.2, -0.15) is 0 Å². The molecule has 30 heavy (non-hydrogen) atoms. The number of hydrogen-bond donors (Lipinski definition) is 0. The minimum atomic E-state index is -0.183. The fourth-order valence-electron chi connectivity index (χ4n) is 3.73. The fraction of sp³-hybridized carbons (Fsp3) is 0.208. The zero-order valence-electron chi connectivity index (χ0n) is 17.3. The first-order valence-electron chi connectivity index (χ1n) is 9.90. The highest BCUT2D eigenvalue weighted by Crippen LogP contribution is 2.35. The summed E-state index contributed by atoms with van der Waals surface area (Å²) in [6.07, 6.45) is 1.48. The number of thiophene rings is 1. The van der Waals surface area contributed by atoms with Gasteiger partial charge in [-0.3, -0.25) is 14.2 Å². The lowest BCUT2D eigenvalue weighted by Gasteiger charge is -2.22. The predicted molar refractivity (Wildman–Crippen MR) is 123 cm³/mol. The van der Waals surface area contributed by atoms with Crippen LogP contribution in [0.15, 0.2) is 65.7 Å². The normalized spacial score (nSPS) is 11.0. The van der Waals surface area contributed by atoms with Gasteiger partial charge in [0.2, 0.25) is 5.91 Å². The van der Waals surface area contributed by atoms with Crippen LogP contribution in [0, 0.1) is 13.8 Å². The maximum atomic E-state index is 13.3. The molecule has 0 aliphatic rings. The van der Waals surface area contributed by atoms with Gasteiger partial charge in [0.05, 0.1) is 11.7 Å². The largest absolute Gasteiger partial charge is 0.311 e. The number of benzene rings is 2. The van der Waals surface area contributed by atoms with Crippen molar-refractivity contribution in [3.05, 3.63) is 81.7 Å². The van der Waals surface area contributed by atoms with Gasteiger partial charge in [0, 0.05) is 22.7 Å². The Balaban J connectivity index is 1.74. The van der Waals surface area contributed by atoms with Crippen molar-refractivity contribution in [2.75, 3.05) is 11.4 Å². The molecule has 0 N–H and O–H groups in total. The van der Waals surface area contributed by atoms with E-state index in [-0.39, 0.29) is 18.0 Å². The Morgan fingerprint density at radius 3 is 2.57 bits per heavy atom. The fourth-order valence-corrected chi connectivity index (χ4v) is 4.74. The lowest BCUT2D eigenvalue weighted by atomic mass is 10.0. The lowest BCUT2D eigenvalue weighted by Crippen LogP contribution is -2.36. The highest BCUT2D eigenvalue weighted by atomic mass is 32.1. The number of aryl methyl sites for hydroxylation is 2. The van der Waals surface area contributed by atoms with Crippen LogP contribution >= 0.6 is 11.3 Å². The average Bonchev–Trinajstić information content (AvgIpc) is 3.08. The molecule has 2 aromatic carbocycles. The summed E-state index contributed by atoms with van der Waals surface area (Å²) in [7, 11) is 0. The molecule has 0 saturated carbocycles. The van der Waals surface area contributed by atoms with Crippen LogP contribution < -0.4 is 10.5 Å². The molecule has 0 aliphatic heterocycles. The van der Waals surface area contributed by atoms with Crippen molar-refractivity contribution in [2.45, 2.75) is 27.3 Å². The van der Waals surface area contributed by atoms with E-state index in [1.807, 2.05) is 75.4 Å². The van der Waals surface area contributed by atoms with Gasteiger partial charge >= 0.3 is 0 Å². The van der Waals surface area contributed by atoms with Crippen LogP contribution in [0.1, 0.15) is 17.4 Å². The van der Waals surface area contributed by atoms with E-state index in [4.69, 9.17) is 0 Å². The van der Waals surface area contributed by atoms with Crippen LogP contribution in [0.5, 0.6) is 0 Å². The zero-order chi connectivity index (χ0) is 21.3. The third kappa shape index (κ3) is 3.66. The van der Waals surface area contributed by atoms with Crippen LogP contribution in [0.2, 0.25) is 0 Å². The number of likely N-dealkylation sites (N-methyl/N-ethyl adjacent to an activating group) is 1. The molecule has 0 spiro atoms. The van der Waals surface area contributed by atoms with Crippen molar-refractivity contribution in [3.63, 3.8) is 0 Å². The summed E-state index contributed by atoms with van der Waals surface area (Å²) in [5, 5.41) is 0.581. The lowest BCUT2D eigenvalue weighted by molar-refractivity contribution is -0.119. The number of rotatable bonds is 5. The predicted octanol–water partition coefficient (Wildman–Crippen LogP) is 4.79. The van der Waals surface area contributed by atoms with Gasteiger partial charge in [0.1, 0.15) is 11.4 Å². The van der Waals surface area contributed by atoms with E-state index < -0.39 is 0 Å². The topological polar surface area (TPSA) is 55.2 Å². The molecule has 0 saturated heterocycles. The summed E-state index contributed by atoms with van der Waals surface area (Å²) in [4.78, 5) is 34.3. The zero-order valence-corrected chi connectivity index (χ0v) is 18.1. The Bertz CT molecular complexity index is 1270. The summed E-state index contributed by atoms with van der Waals surface area (Å²) >= 11 is 1.50. The molecular weight excluding hydrogens is 394 g/mol. The van der Waals surface area contributed by atoms with E-state index in [2.05, 4.69) is 4.98 Å². The Kier molecular flexibility index (Phi) is 5.50. The molecule has 0 aliphatic carbocycles. The van der Waals surface area contributed by atoms with Crippen molar-refractivity contribution in [2.24, 2.45) is 0 Å². The number of carbonyl (C=O) groups excluding carboxylic acids is 1. The smallest absolute Gasteiger partial charge is 0.263 e. The van der Waals surface area contributed by atoms with Gasteiger partial charge < -0.3 is 4.90 Å². The minimum Gasteiger partial charge on any atom is -0.311 e. The Hall–Kier alpha value is -3.25. The van der Waals surface area contributed by atoms with E-state index in [9.17, 15) is 9.59 Å². The molecule has 0 radical (unpaired) electrons. The number of carbonyl (C=O) groups is 1. The third-order valence-corrected chi connectivity index (χ3v) is 6.17. The monoisotopic (exact) mass is 417 g/mol. The number of hydrogen-bond acceptors (Lipinski definition) is 4. The molecule has 1 amide bonds. The third-order valence-electron chi connectivity index (χ3n) is 5.15. The Labute approximate surface area is 179 Å². The van der Waals surface area contributed by atoms with E-state index in [0.29, 0.717) is 16.8 Å². The second-order valence-electron chi connectivity index (χ2n) is 7.23. The van der Waals surface area contributed by atoms with Crippen molar-refractivity contribution in [3.8, 4) is 11.1 Å². The summed E-state index contributed by atoms with van der Waals surface area (Å²) in [6, 6.07) is 17.7. The van der Waals surface area contributed by atoms with Crippen LogP contribution in [-0.4, -0.2) is 22.0 Å². The average molecular weight is 418 g/mol. The van der Waals surface area contributed by atoms with Crippen LogP contribution in [0.3, 0.4) is 0 Å². The van der Waals surface area contributed by atoms with Gasteiger partial charge in [-0.15, -0.1) is 11.3 Å². The Morgan fingerprint density at radius 2 is 1.87 bits per heavy atom. The minimum absolute atomic E-state index is 0.0489. The highest BCUT2D eigenvalue weighted by molar-refractivity contribution is 7.19. The summed E-state index contributed by atoms with van der Waals surface area (Å²) in [5.74, 6) is -0.139. The molecule has 5 nitrogen and oxygen atoms in total. The molecule has 0 fully saturated rings. The molecule has 4 rings (SSSR count). The van der Waals surface area contributed by atoms with E-state index in [1.54, 1.807) is 4.90 Å². The molecule has 6 heteroatoms. The van der Waals surface area contributed by atoms with Gasteiger partial charge in [0.25, 0.3) is 5.56 Å². The second kappa shape index (κ2) is 8.24. The van der Waals surface area contributed by atoms with Gasteiger partial charge in [-0.25, -0.2) is 4.98 Å². The van der Waals surface area contributed by atoms with Gasteiger partial charge in [-0.1, -0.05) is 42.5 Å². The molecule has 2 aromatic heterocycles. The number of aromatic nitrogens is 2. The Morgan fingerprint density at radius 1 is 1.10 bits per heavy atom. The van der Waals surface area contributed by atoms with Crippen molar-refractivity contribution >= 4 is 33.1 Å². The van der Waals surface area contributed by atoms with Crippen molar-refractivity contribution in [1.82, 2.24) is 9.55 Å². The van der Waals surface area contributed by atoms with Gasteiger partial charge in [0.15, 0.2) is 0 Å². The van der Waals surface area contributed by atoms with Gasteiger partial charge in [-0.05, 0) is 44.0 Å². The molecule has 0 bridgehead atoms. The second-order valence-corrected chi connectivity index (χ2v) is 8.44. The maximum absolute atomic E-state index is 13.3. The van der Waals surface area contributed by atoms with E-state index in [0.717, 1.165) is 27.3 Å². The molecule has 0 unspecified atom stereocenters. The maximum Gasteiger partial charge on any atom is 0.263 e.